The Morgan fingerprint density at radius 2 is 1.87 bits per heavy atom. The highest BCUT2D eigenvalue weighted by Gasteiger charge is 2.27. The van der Waals surface area contributed by atoms with E-state index in [4.69, 9.17) is 11.6 Å². The summed E-state index contributed by atoms with van der Waals surface area (Å²) in [5, 5.41) is 0.563. The van der Waals surface area contributed by atoms with Gasteiger partial charge in [-0.15, -0.1) is 0 Å². The van der Waals surface area contributed by atoms with Crippen molar-refractivity contribution in [1.29, 1.82) is 0 Å². The molecule has 1 aromatic heterocycles. The number of carbonyl (C=O) groups is 1. The average molecular weight is 452 g/mol. The van der Waals surface area contributed by atoms with E-state index in [9.17, 15) is 18.0 Å². The van der Waals surface area contributed by atoms with Gasteiger partial charge in [-0.25, -0.2) is 18.2 Å². The molecule has 3 aromatic rings. The van der Waals surface area contributed by atoms with Gasteiger partial charge in [0.25, 0.3) is 5.91 Å². The second kappa shape index (κ2) is 9.73. The summed E-state index contributed by atoms with van der Waals surface area (Å²) in [6, 6.07) is 6.76. The van der Waals surface area contributed by atoms with Crippen LogP contribution in [0.2, 0.25) is 5.02 Å². The predicted octanol–water partition coefficient (Wildman–Crippen LogP) is 6.21. The van der Waals surface area contributed by atoms with E-state index in [2.05, 4.69) is 4.98 Å². The Labute approximate surface area is 184 Å². The third-order valence-corrected chi connectivity index (χ3v) is 5.33. The van der Waals surface area contributed by atoms with Crippen molar-refractivity contribution in [3.8, 4) is 0 Å². The standard InChI is InChI=1S/C23H25ClF3N3O/c1-4-10-30-19-12-15(24)5-8-18(19)28-20(30)13-29(11-9-14(2)3)23(31)21-16(25)6-7-17(26)22(21)27/h5-8,12,14H,4,9-11,13H2,1-3H3. The van der Waals surface area contributed by atoms with Gasteiger partial charge >= 0.3 is 0 Å². The smallest absolute Gasteiger partial charge is 0.260 e. The molecule has 0 radical (unpaired) electrons. The van der Waals surface area contributed by atoms with E-state index in [1.54, 1.807) is 18.2 Å². The normalized spacial score (nSPS) is 11.5. The summed E-state index contributed by atoms with van der Waals surface area (Å²) in [6.45, 7) is 6.91. The van der Waals surface area contributed by atoms with Gasteiger partial charge < -0.3 is 9.47 Å². The van der Waals surface area contributed by atoms with Crippen LogP contribution in [0, 0.1) is 23.4 Å². The van der Waals surface area contributed by atoms with Gasteiger partial charge in [0.05, 0.1) is 17.6 Å². The second-order valence-corrected chi connectivity index (χ2v) is 8.38. The fourth-order valence-electron chi connectivity index (χ4n) is 3.46. The Balaban J connectivity index is 2.04. The first kappa shape index (κ1) is 23.1. The molecule has 0 aliphatic rings. The Morgan fingerprint density at radius 1 is 1.16 bits per heavy atom. The van der Waals surface area contributed by atoms with Crippen LogP contribution in [0.25, 0.3) is 11.0 Å². The lowest BCUT2D eigenvalue weighted by atomic mass is 10.1. The highest BCUT2D eigenvalue weighted by Crippen LogP contribution is 2.24. The van der Waals surface area contributed by atoms with Crippen LogP contribution in [-0.2, 0) is 13.1 Å². The van der Waals surface area contributed by atoms with E-state index < -0.39 is 28.9 Å². The van der Waals surface area contributed by atoms with E-state index in [-0.39, 0.29) is 19.0 Å². The van der Waals surface area contributed by atoms with Crippen LogP contribution in [-0.4, -0.2) is 26.9 Å². The summed E-state index contributed by atoms with van der Waals surface area (Å²) in [7, 11) is 0. The number of nitrogens with zero attached hydrogens (tertiary/aromatic N) is 3. The quantitative estimate of drug-likeness (QED) is 0.382. The zero-order valence-corrected chi connectivity index (χ0v) is 18.5. The van der Waals surface area contributed by atoms with E-state index in [0.29, 0.717) is 35.4 Å². The summed E-state index contributed by atoms with van der Waals surface area (Å²) in [5.74, 6) is -3.90. The molecule has 0 fully saturated rings. The fraction of sp³-hybridized carbons (Fsp3) is 0.391. The number of carbonyl (C=O) groups excluding carboxylic acids is 1. The van der Waals surface area contributed by atoms with Gasteiger partial charge in [-0.2, -0.15) is 0 Å². The van der Waals surface area contributed by atoms with Crippen molar-refractivity contribution in [3.63, 3.8) is 0 Å². The molecule has 1 amide bonds. The van der Waals surface area contributed by atoms with Gasteiger partial charge in [0.15, 0.2) is 11.6 Å². The minimum atomic E-state index is -1.48. The molecule has 3 rings (SSSR count). The highest BCUT2D eigenvalue weighted by molar-refractivity contribution is 6.31. The molecule has 0 unspecified atom stereocenters. The molecular weight excluding hydrogens is 427 g/mol. The minimum Gasteiger partial charge on any atom is -0.331 e. The number of rotatable bonds is 8. The van der Waals surface area contributed by atoms with Crippen LogP contribution in [0.15, 0.2) is 30.3 Å². The van der Waals surface area contributed by atoms with Crippen LogP contribution in [0.5, 0.6) is 0 Å². The number of fused-ring (bicyclic) bond motifs is 1. The van der Waals surface area contributed by atoms with Crippen molar-refractivity contribution in [2.45, 2.75) is 46.7 Å². The second-order valence-electron chi connectivity index (χ2n) is 7.94. The van der Waals surface area contributed by atoms with E-state index >= 15 is 0 Å². The Kier molecular flexibility index (Phi) is 7.26. The first-order chi connectivity index (χ1) is 14.7. The van der Waals surface area contributed by atoms with Gasteiger partial charge in [0.2, 0.25) is 0 Å². The van der Waals surface area contributed by atoms with Crippen molar-refractivity contribution < 1.29 is 18.0 Å². The van der Waals surface area contributed by atoms with Crippen molar-refractivity contribution in [2.24, 2.45) is 5.92 Å². The minimum absolute atomic E-state index is 0.0350. The molecular formula is C23H25ClF3N3O. The van der Waals surface area contributed by atoms with Gasteiger partial charge in [-0.1, -0.05) is 32.4 Å². The molecule has 166 valence electrons. The van der Waals surface area contributed by atoms with Crippen LogP contribution in [0.1, 0.15) is 49.8 Å². The number of hydrogen-bond donors (Lipinski definition) is 0. The Morgan fingerprint density at radius 3 is 2.55 bits per heavy atom. The number of hydrogen-bond acceptors (Lipinski definition) is 2. The van der Waals surface area contributed by atoms with Crippen LogP contribution in [0.3, 0.4) is 0 Å². The molecule has 0 N–H and O–H groups in total. The summed E-state index contributed by atoms with van der Waals surface area (Å²) < 4.78 is 44.3. The molecule has 0 atom stereocenters. The molecule has 8 heteroatoms. The third kappa shape index (κ3) is 5.03. The fourth-order valence-corrected chi connectivity index (χ4v) is 3.62. The molecule has 0 spiro atoms. The number of aromatic nitrogens is 2. The zero-order valence-electron chi connectivity index (χ0n) is 17.8. The SMILES string of the molecule is CCCn1c(CN(CCC(C)C)C(=O)c2c(F)ccc(F)c2F)nc2ccc(Cl)cc21. The Bertz CT molecular complexity index is 1100. The first-order valence-corrected chi connectivity index (χ1v) is 10.7. The van der Waals surface area contributed by atoms with E-state index in [1.807, 2.05) is 25.3 Å². The molecule has 0 aliphatic carbocycles. The average Bonchev–Trinajstić information content (AvgIpc) is 3.05. The van der Waals surface area contributed by atoms with E-state index in [1.165, 1.54) is 4.90 Å². The molecule has 2 aromatic carbocycles. The molecule has 0 saturated carbocycles. The van der Waals surface area contributed by atoms with Gasteiger partial charge in [0, 0.05) is 18.1 Å². The maximum atomic E-state index is 14.3. The third-order valence-electron chi connectivity index (χ3n) is 5.09. The molecule has 0 aliphatic heterocycles. The monoisotopic (exact) mass is 451 g/mol. The first-order valence-electron chi connectivity index (χ1n) is 10.3. The lowest BCUT2D eigenvalue weighted by Gasteiger charge is -2.24. The van der Waals surface area contributed by atoms with Gasteiger partial charge in [0.1, 0.15) is 17.2 Å². The van der Waals surface area contributed by atoms with Crippen molar-refractivity contribution in [1.82, 2.24) is 14.5 Å². The highest BCUT2D eigenvalue weighted by atomic mass is 35.5. The predicted molar refractivity (Wildman–Crippen MR) is 116 cm³/mol. The lowest BCUT2D eigenvalue weighted by Crippen LogP contribution is -2.34. The number of aryl methyl sites for hydroxylation is 1. The maximum absolute atomic E-state index is 14.3. The van der Waals surface area contributed by atoms with Crippen molar-refractivity contribution >= 4 is 28.5 Å². The molecule has 1 heterocycles. The Hall–Kier alpha value is -2.54. The molecule has 4 nitrogen and oxygen atoms in total. The van der Waals surface area contributed by atoms with E-state index in [0.717, 1.165) is 18.0 Å². The number of benzene rings is 2. The maximum Gasteiger partial charge on any atom is 0.260 e. The summed E-state index contributed by atoms with van der Waals surface area (Å²) in [4.78, 5) is 19.1. The number of halogens is 4. The summed E-state index contributed by atoms with van der Waals surface area (Å²) >= 11 is 6.15. The zero-order chi connectivity index (χ0) is 22.7. The number of amides is 1. The summed E-state index contributed by atoms with van der Waals surface area (Å²) in [5.41, 5.74) is 0.654. The van der Waals surface area contributed by atoms with Crippen molar-refractivity contribution in [2.75, 3.05) is 6.54 Å². The number of imidazole rings is 1. The van der Waals surface area contributed by atoms with Gasteiger partial charge in [-0.3, -0.25) is 4.79 Å². The molecule has 31 heavy (non-hydrogen) atoms. The summed E-state index contributed by atoms with van der Waals surface area (Å²) in [6.07, 6.45) is 1.43. The van der Waals surface area contributed by atoms with Crippen LogP contribution >= 0.6 is 11.6 Å². The molecule has 0 bridgehead atoms. The van der Waals surface area contributed by atoms with Gasteiger partial charge in [-0.05, 0) is 49.1 Å². The topological polar surface area (TPSA) is 38.1 Å². The van der Waals surface area contributed by atoms with Crippen LogP contribution in [0.4, 0.5) is 13.2 Å². The lowest BCUT2D eigenvalue weighted by molar-refractivity contribution is 0.0718. The largest absolute Gasteiger partial charge is 0.331 e. The molecule has 0 saturated heterocycles. The van der Waals surface area contributed by atoms with Crippen molar-refractivity contribution in [3.05, 3.63) is 64.2 Å². The van der Waals surface area contributed by atoms with Crippen LogP contribution < -0.4 is 0 Å².